The van der Waals surface area contributed by atoms with Crippen molar-refractivity contribution in [3.63, 3.8) is 0 Å². The van der Waals surface area contributed by atoms with Crippen LogP contribution in [0.4, 0.5) is 0 Å². The van der Waals surface area contributed by atoms with Gasteiger partial charge in [-0.25, -0.2) is 0 Å². The van der Waals surface area contributed by atoms with Crippen molar-refractivity contribution >= 4 is 5.91 Å². The predicted octanol–water partition coefficient (Wildman–Crippen LogP) is 2.95. The summed E-state index contributed by atoms with van der Waals surface area (Å²) < 4.78 is 5.31. The first-order valence-corrected chi connectivity index (χ1v) is 7.47. The Morgan fingerprint density at radius 2 is 1.95 bits per heavy atom. The van der Waals surface area contributed by atoms with Gasteiger partial charge in [0, 0.05) is 12.0 Å². The van der Waals surface area contributed by atoms with Crippen LogP contribution in [0.5, 0.6) is 0 Å². The molecular weight excluding hydrogens is 278 g/mol. The molecule has 2 N–H and O–H groups in total. The van der Waals surface area contributed by atoms with Gasteiger partial charge in [0.05, 0.1) is 6.10 Å². The number of amides is 1. The van der Waals surface area contributed by atoms with E-state index < -0.39 is 11.5 Å². The number of aliphatic hydroxyl groups is 1. The van der Waals surface area contributed by atoms with Crippen LogP contribution in [0.1, 0.15) is 35.7 Å². The van der Waals surface area contributed by atoms with E-state index in [0.717, 1.165) is 5.56 Å². The van der Waals surface area contributed by atoms with Crippen molar-refractivity contribution in [1.82, 2.24) is 5.32 Å². The van der Waals surface area contributed by atoms with Crippen molar-refractivity contribution in [2.75, 3.05) is 6.54 Å². The van der Waals surface area contributed by atoms with E-state index in [-0.39, 0.29) is 5.91 Å². The molecule has 0 radical (unpaired) electrons. The van der Waals surface area contributed by atoms with Gasteiger partial charge >= 0.3 is 0 Å². The highest BCUT2D eigenvalue weighted by Crippen LogP contribution is 2.26. The van der Waals surface area contributed by atoms with Crippen LogP contribution in [-0.2, 0) is 6.42 Å². The zero-order valence-electron chi connectivity index (χ0n) is 13.3. The smallest absolute Gasteiger partial charge is 0.287 e. The molecule has 2 atom stereocenters. The molecule has 1 aromatic heterocycles. The Kier molecular flexibility index (Phi) is 5.03. The molecular formula is C18H23NO3. The Morgan fingerprint density at radius 3 is 2.50 bits per heavy atom. The lowest BCUT2D eigenvalue weighted by Gasteiger charge is -2.33. The second-order valence-corrected chi connectivity index (χ2v) is 6.09. The summed E-state index contributed by atoms with van der Waals surface area (Å²) in [7, 11) is 0. The minimum absolute atomic E-state index is 0.256. The van der Waals surface area contributed by atoms with E-state index >= 15 is 0 Å². The quantitative estimate of drug-likeness (QED) is 0.862. The fourth-order valence-corrected chi connectivity index (χ4v) is 2.35. The number of hydrogen-bond acceptors (Lipinski definition) is 3. The number of carbonyl (C=O) groups excluding carboxylic acids is 1. The standard InChI is InChI=1S/C18H23NO3/c1-13-9-10-16(22-13)17(21)19-12-18(3,14(2)20)11-15-7-5-4-6-8-15/h4-10,14,20H,11-12H2,1-3H3,(H,19,21)/t14-,18-/m0/s1. The highest BCUT2D eigenvalue weighted by Gasteiger charge is 2.31. The number of carbonyl (C=O) groups is 1. The molecule has 4 heteroatoms. The molecule has 1 heterocycles. The summed E-state index contributed by atoms with van der Waals surface area (Å²) in [4.78, 5) is 12.1. The van der Waals surface area contributed by atoms with Gasteiger partial charge in [-0.1, -0.05) is 37.3 Å². The van der Waals surface area contributed by atoms with Gasteiger partial charge < -0.3 is 14.8 Å². The van der Waals surface area contributed by atoms with Crippen molar-refractivity contribution in [2.24, 2.45) is 5.41 Å². The summed E-state index contributed by atoms with van der Waals surface area (Å²) in [5.41, 5.74) is 0.688. The maximum atomic E-state index is 12.1. The Hall–Kier alpha value is -2.07. The Labute approximate surface area is 131 Å². The van der Waals surface area contributed by atoms with Gasteiger partial charge in [0.1, 0.15) is 5.76 Å². The van der Waals surface area contributed by atoms with Crippen LogP contribution in [0.3, 0.4) is 0 Å². The van der Waals surface area contributed by atoms with Crippen molar-refractivity contribution in [3.05, 3.63) is 59.5 Å². The predicted molar refractivity (Wildman–Crippen MR) is 85.7 cm³/mol. The van der Waals surface area contributed by atoms with E-state index in [4.69, 9.17) is 4.42 Å². The molecule has 0 saturated carbocycles. The molecule has 2 aromatic rings. The summed E-state index contributed by atoms with van der Waals surface area (Å²) >= 11 is 0. The fraction of sp³-hybridized carbons (Fsp3) is 0.389. The first-order chi connectivity index (χ1) is 10.4. The number of benzene rings is 1. The van der Waals surface area contributed by atoms with E-state index in [1.54, 1.807) is 26.0 Å². The second-order valence-electron chi connectivity index (χ2n) is 6.09. The summed E-state index contributed by atoms with van der Waals surface area (Å²) in [6, 6.07) is 13.4. The molecule has 4 nitrogen and oxygen atoms in total. The molecule has 0 bridgehead atoms. The molecule has 1 amide bonds. The lowest BCUT2D eigenvalue weighted by molar-refractivity contribution is 0.0495. The van der Waals surface area contributed by atoms with E-state index in [1.807, 2.05) is 37.3 Å². The van der Waals surface area contributed by atoms with Gasteiger partial charge in [-0.2, -0.15) is 0 Å². The fourth-order valence-electron chi connectivity index (χ4n) is 2.35. The third-order valence-corrected chi connectivity index (χ3v) is 4.08. The third kappa shape index (κ3) is 3.98. The zero-order chi connectivity index (χ0) is 16.2. The zero-order valence-corrected chi connectivity index (χ0v) is 13.3. The summed E-state index contributed by atoms with van der Waals surface area (Å²) in [6.07, 6.45) is 0.134. The normalized spacial score (nSPS) is 15.1. The van der Waals surface area contributed by atoms with Gasteiger partial charge in [-0.3, -0.25) is 4.79 Å². The van der Waals surface area contributed by atoms with Gasteiger partial charge in [0.15, 0.2) is 5.76 Å². The van der Waals surface area contributed by atoms with Crippen molar-refractivity contribution < 1.29 is 14.3 Å². The van der Waals surface area contributed by atoms with Gasteiger partial charge in [0.25, 0.3) is 5.91 Å². The van der Waals surface area contributed by atoms with Crippen LogP contribution in [0, 0.1) is 12.3 Å². The molecule has 0 fully saturated rings. The van der Waals surface area contributed by atoms with E-state index in [2.05, 4.69) is 5.32 Å². The van der Waals surface area contributed by atoms with E-state index in [1.165, 1.54) is 0 Å². The minimum atomic E-state index is -0.550. The van der Waals surface area contributed by atoms with E-state index in [0.29, 0.717) is 24.5 Å². The number of nitrogens with one attached hydrogen (secondary N) is 1. The van der Waals surface area contributed by atoms with Crippen molar-refractivity contribution in [1.29, 1.82) is 0 Å². The Balaban J connectivity index is 2.03. The second kappa shape index (κ2) is 6.79. The number of rotatable bonds is 6. The molecule has 0 unspecified atom stereocenters. The van der Waals surface area contributed by atoms with Crippen molar-refractivity contribution in [3.8, 4) is 0 Å². The molecule has 0 spiro atoms. The summed E-state index contributed by atoms with van der Waals surface area (Å²) in [5.74, 6) is 0.742. The average Bonchev–Trinajstić information content (AvgIpc) is 2.92. The lowest BCUT2D eigenvalue weighted by Crippen LogP contribution is -2.43. The number of furan rings is 1. The first-order valence-electron chi connectivity index (χ1n) is 7.47. The molecule has 0 aliphatic rings. The van der Waals surface area contributed by atoms with Crippen LogP contribution in [0.15, 0.2) is 46.9 Å². The van der Waals surface area contributed by atoms with Crippen LogP contribution < -0.4 is 5.32 Å². The van der Waals surface area contributed by atoms with Crippen LogP contribution in [-0.4, -0.2) is 23.7 Å². The lowest BCUT2D eigenvalue weighted by atomic mass is 9.79. The van der Waals surface area contributed by atoms with E-state index in [9.17, 15) is 9.90 Å². The number of aryl methyl sites for hydroxylation is 1. The first kappa shape index (κ1) is 16.3. The average molecular weight is 301 g/mol. The maximum absolute atomic E-state index is 12.1. The molecule has 2 rings (SSSR count). The van der Waals surface area contributed by atoms with Crippen LogP contribution in [0.2, 0.25) is 0 Å². The largest absolute Gasteiger partial charge is 0.456 e. The number of hydrogen-bond donors (Lipinski definition) is 2. The molecule has 0 saturated heterocycles. The summed E-state index contributed by atoms with van der Waals surface area (Å²) in [5, 5.41) is 13.0. The minimum Gasteiger partial charge on any atom is -0.456 e. The van der Waals surface area contributed by atoms with Crippen molar-refractivity contribution in [2.45, 2.75) is 33.3 Å². The van der Waals surface area contributed by atoms with Gasteiger partial charge in [-0.05, 0) is 38.0 Å². The topological polar surface area (TPSA) is 62.5 Å². The highest BCUT2D eigenvalue weighted by atomic mass is 16.3. The molecule has 0 aliphatic heterocycles. The van der Waals surface area contributed by atoms with Crippen LogP contribution in [0.25, 0.3) is 0 Å². The SMILES string of the molecule is Cc1ccc(C(=O)NC[C@](C)(Cc2ccccc2)[C@H](C)O)o1. The van der Waals surface area contributed by atoms with Crippen LogP contribution >= 0.6 is 0 Å². The molecule has 118 valence electrons. The Morgan fingerprint density at radius 1 is 1.27 bits per heavy atom. The molecule has 1 aromatic carbocycles. The maximum Gasteiger partial charge on any atom is 0.287 e. The molecule has 22 heavy (non-hydrogen) atoms. The highest BCUT2D eigenvalue weighted by molar-refractivity contribution is 5.91. The molecule has 0 aliphatic carbocycles. The number of aliphatic hydroxyl groups excluding tert-OH is 1. The Bertz CT molecular complexity index is 618. The summed E-state index contributed by atoms with van der Waals surface area (Å²) in [6.45, 7) is 5.90. The monoisotopic (exact) mass is 301 g/mol. The van der Waals surface area contributed by atoms with Gasteiger partial charge in [0.2, 0.25) is 0 Å². The van der Waals surface area contributed by atoms with Gasteiger partial charge in [-0.15, -0.1) is 0 Å². The third-order valence-electron chi connectivity index (χ3n) is 4.08.